The van der Waals surface area contributed by atoms with Gasteiger partial charge >= 0.3 is 0 Å². The van der Waals surface area contributed by atoms with Crippen LogP contribution in [0.1, 0.15) is 0 Å². The molecule has 0 N–H and O–H groups in total. The second-order valence-corrected chi connectivity index (χ2v) is 8.13. The van der Waals surface area contributed by atoms with E-state index in [1.807, 2.05) is 121 Å². The molecule has 4 heterocycles. The number of nitrogens with zero attached hydrogens (tertiary/aromatic N) is 10. The van der Waals surface area contributed by atoms with Gasteiger partial charge in [0.1, 0.15) is 34.9 Å². The quantitative estimate of drug-likeness (QED) is 0.188. The molecule has 0 saturated heterocycles. The summed E-state index contributed by atoms with van der Waals surface area (Å²) in [5, 5.41) is 4.07. The Morgan fingerprint density at radius 2 is 0.857 bits per heavy atom. The van der Waals surface area contributed by atoms with E-state index in [-0.39, 0.29) is 0 Å². The van der Waals surface area contributed by atoms with Crippen molar-refractivity contribution < 1.29 is 0 Å². The van der Waals surface area contributed by atoms with Crippen LogP contribution in [-0.2, 0) is 0 Å². The van der Waals surface area contributed by atoms with Crippen molar-refractivity contribution >= 4 is 52.0 Å². The zero-order valence-electron chi connectivity index (χ0n) is 19.9. The van der Waals surface area contributed by atoms with Gasteiger partial charge in [0.2, 0.25) is 0 Å². The summed E-state index contributed by atoms with van der Waals surface area (Å²) in [4.78, 5) is 25.4. The Kier molecular flexibility index (Phi) is 5.56. The molecule has 10 heteroatoms. The molecule has 0 aliphatic carbocycles. The van der Waals surface area contributed by atoms with E-state index in [2.05, 4.69) is 10.0 Å². The predicted molar refractivity (Wildman–Crippen MR) is 140 cm³/mol. The molecule has 8 bridgehead atoms. The van der Waals surface area contributed by atoms with Gasteiger partial charge in [0.15, 0.2) is 0 Å². The Hall–Kier alpha value is -4.82. The SMILES string of the molecule is CN1c2cccc(n2)N(C)c2cccc(n2)N(C)c2cccc(c2N=[N+]=[N-])N(C)c2cccc1n2. The van der Waals surface area contributed by atoms with Crippen LogP contribution in [0.25, 0.3) is 10.4 Å². The number of azide groups is 1. The lowest BCUT2D eigenvalue weighted by Gasteiger charge is -2.28. The lowest BCUT2D eigenvalue weighted by molar-refractivity contribution is 1.02. The van der Waals surface area contributed by atoms with Crippen LogP contribution in [0.5, 0.6) is 0 Å². The number of fused-ring (bicyclic) bond motifs is 8. The summed E-state index contributed by atoms with van der Waals surface area (Å²) in [5.74, 6) is 4.35. The van der Waals surface area contributed by atoms with Gasteiger partial charge in [-0.05, 0) is 54.1 Å². The predicted octanol–water partition coefficient (Wildman–Crippen LogP) is 6.20. The molecular weight excluding hydrogens is 440 g/mol. The van der Waals surface area contributed by atoms with E-state index in [1.165, 1.54) is 0 Å². The van der Waals surface area contributed by atoms with Crippen LogP contribution in [0, 0.1) is 0 Å². The first-order valence-corrected chi connectivity index (χ1v) is 11.0. The van der Waals surface area contributed by atoms with E-state index >= 15 is 0 Å². The van der Waals surface area contributed by atoms with Crippen LogP contribution >= 0.6 is 0 Å². The van der Waals surface area contributed by atoms with E-state index in [4.69, 9.17) is 15.0 Å². The molecule has 1 aliphatic heterocycles. The standard InChI is InChI=1S/C25H24N10/c1-32-17-9-5-10-18(25(17)30-31-26)33(2)20-12-7-14-22(28-20)35(4)24-16-8-15-23(29-24)34(3)21-13-6-11-19(32)27-21/h5-16H,1-4H3. The lowest BCUT2D eigenvalue weighted by atomic mass is 10.2. The van der Waals surface area contributed by atoms with Crippen LogP contribution in [-0.4, -0.2) is 43.1 Å². The molecule has 5 rings (SSSR count). The summed E-state index contributed by atoms with van der Waals surface area (Å²) in [5.41, 5.74) is 11.3. The molecular formula is C25H24N10. The van der Waals surface area contributed by atoms with Gasteiger partial charge in [0.05, 0.1) is 17.1 Å². The summed E-state index contributed by atoms with van der Waals surface area (Å²) < 4.78 is 0. The maximum atomic E-state index is 9.39. The van der Waals surface area contributed by atoms with Gasteiger partial charge in [-0.3, -0.25) is 0 Å². The summed E-state index contributed by atoms with van der Waals surface area (Å²) in [6.07, 6.45) is 0. The van der Waals surface area contributed by atoms with Gasteiger partial charge in [-0.25, -0.2) is 15.0 Å². The third-order valence-corrected chi connectivity index (χ3v) is 6.08. The third kappa shape index (κ3) is 3.92. The molecule has 4 aromatic rings. The van der Waals surface area contributed by atoms with Gasteiger partial charge in [0, 0.05) is 33.1 Å². The molecule has 1 aliphatic rings. The van der Waals surface area contributed by atoms with E-state index in [9.17, 15) is 5.53 Å². The fraction of sp³-hybridized carbons (Fsp3) is 0.160. The van der Waals surface area contributed by atoms with E-state index in [0.29, 0.717) is 17.3 Å². The Bertz CT molecular complexity index is 1350. The Balaban J connectivity index is 1.78. The van der Waals surface area contributed by atoms with Crippen molar-refractivity contribution in [2.24, 2.45) is 5.11 Å². The second kappa shape index (κ2) is 8.85. The molecule has 0 spiro atoms. The summed E-state index contributed by atoms with van der Waals surface area (Å²) in [6.45, 7) is 0. The molecule has 1 aromatic carbocycles. The van der Waals surface area contributed by atoms with Crippen molar-refractivity contribution in [3.63, 3.8) is 0 Å². The Morgan fingerprint density at radius 3 is 1.20 bits per heavy atom. The summed E-state index contributed by atoms with van der Waals surface area (Å²) in [7, 11) is 7.66. The third-order valence-electron chi connectivity index (χ3n) is 6.08. The van der Waals surface area contributed by atoms with Crippen molar-refractivity contribution in [1.82, 2.24) is 15.0 Å². The maximum absolute atomic E-state index is 9.39. The highest BCUT2D eigenvalue weighted by Crippen LogP contribution is 2.42. The minimum Gasteiger partial charge on any atom is -0.329 e. The van der Waals surface area contributed by atoms with Crippen molar-refractivity contribution in [2.75, 3.05) is 47.8 Å². The highest BCUT2D eigenvalue weighted by atomic mass is 15.3. The number of pyridine rings is 3. The average molecular weight is 465 g/mol. The Morgan fingerprint density at radius 1 is 0.543 bits per heavy atom. The van der Waals surface area contributed by atoms with Gasteiger partial charge in [-0.1, -0.05) is 29.4 Å². The molecule has 0 radical (unpaired) electrons. The number of anilines is 8. The van der Waals surface area contributed by atoms with Crippen LogP contribution in [0.4, 0.5) is 52.0 Å². The van der Waals surface area contributed by atoms with E-state index < -0.39 is 0 Å². The van der Waals surface area contributed by atoms with Gasteiger partial charge in [-0.15, -0.1) is 0 Å². The topological polar surface area (TPSA) is 100 Å². The van der Waals surface area contributed by atoms with E-state index in [1.54, 1.807) is 0 Å². The van der Waals surface area contributed by atoms with Gasteiger partial charge < -0.3 is 19.6 Å². The first kappa shape index (κ1) is 22.0. The normalized spacial score (nSPS) is 12.9. The zero-order valence-corrected chi connectivity index (χ0v) is 19.9. The fourth-order valence-corrected chi connectivity index (χ4v) is 4.05. The highest BCUT2D eigenvalue weighted by molar-refractivity contribution is 5.86. The average Bonchev–Trinajstić information content (AvgIpc) is 2.91. The molecule has 0 amide bonds. The summed E-state index contributed by atoms with van der Waals surface area (Å²) >= 11 is 0. The highest BCUT2D eigenvalue weighted by Gasteiger charge is 2.20. The molecule has 0 saturated carbocycles. The van der Waals surface area contributed by atoms with Crippen LogP contribution in [0.3, 0.4) is 0 Å². The minimum absolute atomic E-state index is 0.486. The van der Waals surface area contributed by atoms with Crippen molar-refractivity contribution in [3.05, 3.63) is 83.2 Å². The summed E-state index contributed by atoms with van der Waals surface area (Å²) in [6, 6.07) is 23.2. The molecule has 10 nitrogen and oxygen atoms in total. The first-order chi connectivity index (χ1) is 17.0. The number of aromatic nitrogens is 3. The van der Waals surface area contributed by atoms with Crippen LogP contribution < -0.4 is 19.6 Å². The molecule has 0 unspecified atom stereocenters. The fourth-order valence-electron chi connectivity index (χ4n) is 4.05. The number of hydrogen-bond acceptors (Lipinski definition) is 8. The molecule has 0 atom stereocenters. The second-order valence-electron chi connectivity index (χ2n) is 8.13. The van der Waals surface area contributed by atoms with Gasteiger partial charge in [0.25, 0.3) is 0 Å². The van der Waals surface area contributed by atoms with Crippen molar-refractivity contribution in [1.29, 1.82) is 0 Å². The smallest absolute Gasteiger partial charge is 0.136 e. The number of hydrogen-bond donors (Lipinski definition) is 0. The van der Waals surface area contributed by atoms with Crippen LogP contribution in [0.2, 0.25) is 0 Å². The molecule has 3 aromatic heterocycles. The van der Waals surface area contributed by atoms with Gasteiger partial charge in [-0.2, -0.15) is 0 Å². The van der Waals surface area contributed by atoms with Crippen LogP contribution in [0.15, 0.2) is 77.9 Å². The Labute approximate surface area is 203 Å². The lowest BCUT2D eigenvalue weighted by Crippen LogP contribution is -2.20. The zero-order chi connectivity index (χ0) is 24.5. The molecule has 0 fully saturated rings. The monoisotopic (exact) mass is 464 g/mol. The van der Waals surface area contributed by atoms with Crippen molar-refractivity contribution in [3.8, 4) is 0 Å². The minimum atomic E-state index is 0.486. The molecule has 35 heavy (non-hydrogen) atoms. The largest absolute Gasteiger partial charge is 0.329 e. The molecule has 174 valence electrons. The maximum Gasteiger partial charge on any atom is 0.136 e. The number of benzene rings is 1. The van der Waals surface area contributed by atoms with E-state index in [0.717, 1.165) is 34.6 Å². The first-order valence-electron chi connectivity index (χ1n) is 11.0. The van der Waals surface area contributed by atoms with Crippen molar-refractivity contribution in [2.45, 2.75) is 0 Å². The number of rotatable bonds is 1.